The first-order valence-corrected chi connectivity index (χ1v) is 6.17. The lowest BCUT2D eigenvalue weighted by Crippen LogP contribution is -2.37. The molecule has 1 aromatic carbocycles. The fraction of sp³-hybridized carbons (Fsp3) is 0.429. The zero-order valence-electron chi connectivity index (χ0n) is 10.0. The van der Waals surface area contributed by atoms with Crippen molar-refractivity contribution in [2.75, 3.05) is 19.7 Å². The molecule has 0 radical (unpaired) electrons. The highest BCUT2D eigenvalue weighted by atomic mass is 16.5. The van der Waals surface area contributed by atoms with Crippen LogP contribution in [-0.4, -0.2) is 25.3 Å². The molecule has 2 heterocycles. The summed E-state index contributed by atoms with van der Waals surface area (Å²) >= 11 is 0. The molecule has 0 aromatic heterocycles. The van der Waals surface area contributed by atoms with Crippen molar-refractivity contribution < 1.29 is 9.47 Å². The predicted molar refractivity (Wildman–Crippen MR) is 67.5 cm³/mol. The molecular weight excluding hydrogens is 214 g/mol. The largest absolute Gasteiger partial charge is 0.494 e. The molecule has 1 N–H and O–H groups in total. The molecule has 1 aromatic rings. The van der Waals surface area contributed by atoms with E-state index in [2.05, 4.69) is 17.5 Å². The molecule has 3 rings (SSSR count). The van der Waals surface area contributed by atoms with Crippen LogP contribution in [0.1, 0.15) is 18.9 Å². The molecule has 1 saturated heterocycles. The normalized spacial score (nSPS) is 25.7. The van der Waals surface area contributed by atoms with E-state index in [4.69, 9.17) is 9.47 Å². The van der Waals surface area contributed by atoms with Gasteiger partial charge in [0.1, 0.15) is 17.1 Å². The van der Waals surface area contributed by atoms with Gasteiger partial charge in [0, 0.05) is 24.6 Å². The molecule has 17 heavy (non-hydrogen) atoms. The molecule has 2 aliphatic heterocycles. The summed E-state index contributed by atoms with van der Waals surface area (Å²) in [5.41, 5.74) is 0.990. The molecule has 1 atom stereocenters. The Morgan fingerprint density at radius 2 is 2.41 bits per heavy atom. The van der Waals surface area contributed by atoms with Gasteiger partial charge in [-0.3, -0.25) is 0 Å². The first-order chi connectivity index (χ1) is 8.31. The lowest BCUT2D eigenvalue weighted by Gasteiger charge is -2.30. The summed E-state index contributed by atoms with van der Waals surface area (Å²) in [5, 5.41) is 3.35. The maximum absolute atomic E-state index is 6.14. The zero-order valence-corrected chi connectivity index (χ0v) is 10.0. The van der Waals surface area contributed by atoms with Crippen molar-refractivity contribution in [1.29, 1.82) is 0 Å². The van der Waals surface area contributed by atoms with Crippen LogP contribution in [0, 0.1) is 0 Å². The van der Waals surface area contributed by atoms with Crippen molar-refractivity contribution in [1.82, 2.24) is 5.32 Å². The zero-order chi connectivity index (χ0) is 11.7. The minimum absolute atomic E-state index is 0.141. The van der Waals surface area contributed by atoms with Crippen molar-refractivity contribution in [3.8, 4) is 11.5 Å². The highest BCUT2D eigenvalue weighted by molar-refractivity contribution is 5.62. The van der Waals surface area contributed by atoms with Crippen molar-refractivity contribution >= 4 is 6.08 Å². The number of hydrogen-bond acceptors (Lipinski definition) is 3. The van der Waals surface area contributed by atoms with E-state index in [9.17, 15) is 0 Å². The van der Waals surface area contributed by atoms with Gasteiger partial charge in [0.25, 0.3) is 0 Å². The smallest absolute Gasteiger partial charge is 0.141 e. The Morgan fingerprint density at radius 1 is 1.47 bits per heavy atom. The van der Waals surface area contributed by atoms with E-state index in [1.165, 1.54) is 0 Å². The van der Waals surface area contributed by atoms with Crippen LogP contribution >= 0.6 is 0 Å². The second-order valence-corrected chi connectivity index (χ2v) is 4.56. The number of rotatable bonds is 2. The number of nitrogens with one attached hydrogen (secondary N) is 1. The number of hydrogen-bond donors (Lipinski definition) is 1. The predicted octanol–water partition coefficient (Wildman–Crippen LogP) is 2.22. The first-order valence-electron chi connectivity index (χ1n) is 6.17. The minimum Gasteiger partial charge on any atom is -0.494 e. The average molecular weight is 231 g/mol. The van der Waals surface area contributed by atoms with Gasteiger partial charge >= 0.3 is 0 Å². The fourth-order valence-electron chi connectivity index (χ4n) is 2.41. The summed E-state index contributed by atoms with van der Waals surface area (Å²) in [6.07, 6.45) is 5.36. The van der Waals surface area contributed by atoms with E-state index in [-0.39, 0.29) is 5.60 Å². The number of ether oxygens (including phenoxy) is 2. The van der Waals surface area contributed by atoms with E-state index in [0.717, 1.165) is 36.6 Å². The molecule has 1 fully saturated rings. The molecule has 0 unspecified atom stereocenters. The Bertz CT molecular complexity index is 448. The van der Waals surface area contributed by atoms with Crippen LogP contribution in [0.2, 0.25) is 0 Å². The molecule has 90 valence electrons. The van der Waals surface area contributed by atoms with Crippen LogP contribution in [0.15, 0.2) is 24.3 Å². The third kappa shape index (κ3) is 1.91. The lowest BCUT2D eigenvalue weighted by molar-refractivity contribution is 0.138. The second kappa shape index (κ2) is 4.08. The van der Waals surface area contributed by atoms with Gasteiger partial charge in [-0.15, -0.1) is 0 Å². The van der Waals surface area contributed by atoms with Crippen molar-refractivity contribution in [2.24, 2.45) is 0 Å². The van der Waals surface area contributed by atoms with Gasteiger partial charge in [-0.05, 0) is 31.7 Å². The van der Waals surface area contributed by atoms with Crippen molar-refractivity contribution in [3.63, 3.8) is 0 Å². The van der Waals surface area contributed by atoms with Crippen LogP contribution in [0.4, 0.5) is 0 Å². The SMILES string of the molecule is CCOc1ccc2c(c1)O[C@@]1(C=C2)CCNC1. The van der Waals surface area contributed by atoms with Gasteiger partial charge in [-0.25, -0.2) is 0 Å². The monoisotopic (exact) mass is 231 g/mol. The van der Waals surface area contributed by atoms with Gasteiger partial charge in [0.2, 0.25) is 0 Å². The highest BCUT2D eigenvalue weighted by Crippen LogP contribution is 2.36. The summed E-state index contributed by atoms with van der Waals surface area (Å²) in [4.78, 5) is 0. The first kappa shape index (κ1) is 10.7. The van der Waals surface area contributed by atoms with Gasteiger partial charge in [-0.1, -0.05) is 6.08 Å². The quantitative estimate of drug-likeness (QED) is 0.846. The topological polar surface area (TPSA) is 30.5 Å². The maximum Gasteiger partial charge on any atom is 0.141 e. The van der Waals surface area contributed by atoms with Gasteiger partial charge < -0.3 is 14.8 Å². The second-order valence-electron chi connectivity index (χ2n) is 4.56. The standard InChI is InChI=1S/C14H17NO2/c1-2-16-12-4-3-11-5-6-14(7-8-15-10-14)17-13(11)9-12/h3-6,9,15H,2,7-8,10H2,1H3/t14-/m0/s1. The van der Waals surface area contributed by atoms with Crippen LogP contribution in [-0.2, 0) is 0 Å². The van der Waals surface area contributed by atoms with Gasteiger partial charge in [0.05, 0.1) is 6.61 Å². The number of benzene rings is 1. The van der Waals surface area contributed by atoms with E-state index in [0.29, 0.717) is 6.61 Å². The third-order valence-corrected chi connectivity index (χ3v) is 3.33. The molecule has 3 heteroatoms. The van der Waals surface area contributed by atoms with Crippen LogP contribution in [0.25, 0.3) is 6.08 Å². The minimum atomic E-state index is -0.141. The Morgan fingerprint density at radius 3 is 3.18 bits per heavy atom. The molecular formula is C14H17NO2. The van der Waals surface area contributed by atoms with Crippen LogP contribution in [0.5, 0.6) is 11.5 Å². The summed E-state index contributed by atoms with van der Waals surface area (Å²) < 4.78 is 11.6. The lowest BCUT2D eigenvalue weighted by atomic mass is 9.97. The summed E-state index contributed by atoms with van der Waals surface area (Å²) in [6.45, 7) is 4.58. The Hall–Kier alpha value is -1.48. The molecule has 3 nitrogen and oxygen atoms in total. The van der Waals surface area contributed by atoms with E-state index in [1.54, 1.807) is 0 Å². The molecule has 0 amide bonds. The van der Waals surface area contributed by atoms with Crippen molar-refractivity contribution in [3.05, 3.63) is 29.8 Å². The Labute approximate surface area is 101 Å². The highest BCUT2D eigenvalue weighted by Gasteiger charge is 2.35. The average Bonchev–Trinajstić information content (AvgIpc) is 2.77. The summed E-state index contributed by atoms with van der Waals surface area (Å²) in [5.74, 6) is 1.81. The maximum atomic E-state index is 6.14. The van der Waals surface area contributed by atoms with Gasteiger partial charge in [-0.2, -0.15) is 0 Å². The fourth-order valence-corrected chi connectivity index (χ4v) is 2.41. The number of fused-ring (bicyclic) bond motifs is 1. The molecule has 0 bridgehead atoms. The third-order valence-electron chi connectivity index (χ3n) is 3.33. The van der Waals surface area contributed by atoms with Crippen LogP contribution < -0.4 is 14.8 Å². The van der Waals surface area contributed by atoms with E-state index >= 15 is 0 Å². The van der Waals surface area contributed by atoms with E-state index in [1.807, 2.05) is 25.1 Å². The molecule has 0 saturated carbocycles. The molecule has 0 aliphatic carbocycles. The Kier molecular flexibility index (Phi) is 2.56. The Balaban J connectivity index is 1.91. The van der Waals surface area contributed by atoms with Gasteiger partial charge in [0.15, 0.2) is 0 Å². The van der Waals surface area contributed by atoms with Crippen molar-refractivity contribution in [2.45, 2.75) is 18.9 Å². The summed E-state index contributed by atoms with van der Waals surface area (Å²) in [7, 11) is 0. The van der Waals surface area contributed by atoms with E-state index < -0.39 is 0 Å². The molecule has 1 spiro atoms. The summed E-state index contributed by atoms with van der Waals surface area (Å²) in [6, 6.07) is 6.02. The van der Waals surface area contributed by atoms with Crippen LogP contribution in [0.3, 0.4) is 0 Å². The molecule has 2 aliphatic rings.